The van der Waals surface area contributed by atoms with Gasteiger partial charge in [0.2, 0.25) is 0 Å². The summed E-state index contributed by atoms with van der Waals surface area (Å²) >= 11 is 0. The monoisotopic (exact) mass is 410 g/mol. The Hall–Kier alpha value is -3.94. The third-order valence-electron chi connectivity index (χ3n) is 4.42. The molecule has 0 atom stereocenters. The van der Waals surface area contributed by atoms with Crippen molar-refractivity contribution in [2.75, 3.05) is 28.4 Å². The number of aromatic nitrogens is 2. The third kappa shape index (κ3) is 4.38. The lowest BCUT2D eigenvalue weighted by Crippen LogP contribution is -2.46. The Morgan fingerprint density at radius 3 is 1.30 bits per heavy atom. The zero-order valence-corrected chi connectivity index (χ0v) is 17.1. The van der Waals surface area contributed by atoms with Gasteiger partial charge in [-0.2, -0.15) is 0 Å². The number of aromatic amines is 2. The largest absolute Gasteiger partial charge is 0.493 e. The minimum absolute atomic E-state index is 0.122. The molecule has 30 heavy (non-hydrogen) atoms. The molecule has 0 aliphatic heterocycles. The van der Waals surface area contributed by atoms with E-state index in [-0.39, 0.29) is 10.7 Å². The molecule has 8 heteroatoms. The van der Waals surface area contributed by atoms with Gasteiger partial charge in [-0.1, -0.05) is 12.1 Å². The highest BCUT2D eigenvalue weighted by atomic mass is 16.5. The van der Waals surface area contributed by atoms with Crippen LogP contribution in [-0.4, -0.2) is 38.4 Å². The maximum Gasteiger partial charge on any atom is 0.272 e. The van der Waals surface area contributed by atoms with Gasteiger partial charge in [-0.3, -0.25) is 9.59 Å². The van der Waals surface area contributed by atoms with E-state index in [4.69, 9.17) is 18.9 Å². The van der Waals surface area contributed by atoms with Crippen molar-refractivity contribution in [3.05, 3.63) is 78.9 Å². The summed E-state index contributed by atoms with van der Waals surface area (Å²) in [7, 11) is 6.12. The summed E-state index contributed by atoms with van der Waals surface area (Å²) < 4.78 is 20.9. The number of hydrogen-bond donors (Lipinski definition) is 2. The van der Waals surface area contributed by atoms with E-state index < -0.39 is 11.1 Å². The van der Waals surface area contributed by atoms with Gasteiger partial charge < -0.3 is 28.9 Å². The maximum absolute atomic E-state index is 12.5. The fraction of sp³-hybridized carbons (Fsp3) is 0.182. The lowest BCUT2D eigenvalue weighted by molar-refractivity contribution is 0.355. The van der Waals surface area contributed by atoms with Crippen molar-refractivity contribution in [2.24, 2.45) is 0 Å². The second-order valence-corrected chi connectivity index (χ2v) is 6.25. The molecule has 156 valence electrons. The molecule has 0 saturated heterocycles. The van der Waals surface area contributed by atoms with Gasteiger partial charge in [0.25, 0.3) is 11.1 Å². The summed E-state index contributed by atoms with van der Waals surface area (Å²) in [6.07, 6.45) is 3.12. The molecule has 2 aromatic carbocycles. The van der Waals surface area contributed by atoms with Crippen LogP contribution in [0.1, 0.15) is 11.1 Å². The summed E-state index contributed by atoms with van der Waals surface area (Å²) in [5.74, 6) is 2.17. The van der Waals surface area contributed by atoms with Crippen molar-refractivity contribution in [3.8, 4) is 23.0 Å². The van der Waals surface area contributed by atoms with Crippen LogP contribution < -0.4 is 40.8 Å². The SMILES string of the molecule is COc1ccc(C=c2[nH]c(=O)c(=Cc3ccc(OC)c(OC)c3)[nH]c2=O)cc1OC. The molecule has 0 bridgehead atoms. The normalized spacial score (nSPS) is 12.0. The molecule has 8 nitrogen and oxygen atoms in total. The van der Waals surface area contributed by atoms with E-state index in [0.29, 0.717) is 34.1 Å². The topological polar surface area (TPSA) is 103 Å². The quantitative estimate of drug-likeness (QED) is 0.622. The molecular formula is C22H22N2O6. The number of hydrogen-bond acceptors (Lipinski definition) is 6. The highest BCUT2D eigenvalue weighted by Gasteiger charge is 2.05. The van der Waals surface area contributed by atoms with E-state index in [0.717, 1.165) is 0 Å². The number of methoxy groups -OCH3 is 4. The van der Waals surface area contributed by atoms with Crippen LogP contribution in [-0.2, 0) is 0 Å². The highest BCUT2D eigenvalue weighted by molar-refractivity contribution is 5.56. The summed E-state index contributed by atoms with van der Waals surface area (Å²) in [6, 6.07) is 10.4. The first-order valence-electron chi connectivity index (χ1n) is 8.99. The average Bonchev–Trinajstić information content (AvgIpc) is 2.76. The maximum atomic E-state index is 12.5. The molecule has 0 aliphatic carbocycles. The van der Waals surface area contributed by atoms with Gasteiger partial charge in [-0.15, -0.1) is 0 Å². The second-order valence-electron chi connectivity index (χ2n) is 6.25. The smallest absolute Gasteiger partial charge is 0.272 e. The van der Waals surface area contributed by atoms with Gasteiger partial charge in [0.15, 0.2) is 23.0 Å². The molecule has 0 unspecified atom stereocenters. The van der Waals surface area contributed by atoms with Gasteiger partial charge >= 0.3 is 0 Å². The van der Waals surface area contributed by atoms with E-state index in [2.05, 4.69) is 9.97 Å². The van der Waals surface area contributed by atoms with Crippen LogP contribution in [0.25, 0.3) is 12.2 Å². The van der Waals surface area contributed by atoms with E-state index in [1.54, 1.807) is 48.6 Å². The molecular weight excluding hydrogens is 388 g/mol. The first-order chi connectivity index (χ1) is 14.5. The predicted molar refractivity (Wildman–Crippen MR) is 113 cm³/mol. The van der Waals surface area contributed by atoms with Crippen molar-refractivity contribution < 1.29 is 18.9 Å². The number of nitrogens with one attached hydrogen (secondary N) is 2. The van der Waals surface area contributed by atoms with Crippen LogP contribution in [0.2, 0.25) is 0 Å². The van der Waals surface area contributed by atoms with Crippen molar-refractivity contribution in [1.82, 2.24) is 9.97 Å². The molecule has 0 fully saturated rings. The van der Waals surface area contributed by atoms with Gasteiger partial charge in [0.05, 0.1) is 28.4 Å². The lowest BCUT2D eigenvalue weighted by Gasteiger charge is -2.07. The Bertz CT molecular complexity index is 1190. The van der Waals surface area contributed by atoms with Crippen molar-refractivity contribution in [1.29, 1.82) is 0 Å². The molecule has 0 amide bonds. The Kier molecular flexibility index (Phi) is 6.26. The molecule has 3 aromatic rings. The Labute approximate surface area is 172 Å². The zero-order chi connectivity index (χ0) is 21.7. The summed E-state index contributed by atoms with van der Waals surface area (Å²) in [6.45, 7) is 0. The first-order valence-corrected chi connectivity index (χ1v) is 8.99. The molecule has 0 aliphatic rings. The minimum atomic E-state index is -0.434. The molecule has 1 heterocycles. The van der Waals surface area contributed by atoms with Crippen molar-refractivity contribution in [3.63, 3.8) is 0 Å². The third-order valence-corrected chi connectivity index (χ3v) is 4.42. The Morgan fingerprint density at radius 2 is 0.967 bits per heavy atom. The fourth-order valence-corrected chi connectivity index (χ4v) is 2.91. The summed E-state index contributed by atoms with van der Waals surface area (Å²) in [5.41, 5.74) is 0.475. The number of ether oxygens (including phenoxy) is 4. The molecule has 0 radical (unpaired) electrons. The van der Waals surface area contributed by atoms with Gasteiger partial charge in [-0.25, -0.2) is 0 Å². The number of benzene rings is 2. The standard InChI is InChI=1S/C22H22N2O6/c1-27-17-7-5-13(11-19(17)29-3)9-15-21(25)24-16(22(26)23-15)10-14-6-8-18(28-2)20(12-14)30-4/h5-12H,1-4H3,(H,23,26)(H,24,25). The van der Waals surface area contributed by atoms with Crippen LogP contribution in [0.5, 0.6) is 23.0 Å². The first kappa shape index (κ1) is 20.8. The van der Waals surface area contributed by atoms with E-state index >= 15 is 0 Å². The molecule has 2 N–H and O–H groups in total. The van der Waals surface area contributed by atoms with E-state index in [1.165, 1.54) is 28.4 Å². The molecule has 1 aromatic heterocycles. The van der Waals surface area contributed by atoms with Crippen LogP contribution in [0.3, 0.4) is 0 Å². The summed E-state index contributed by atoms with van der Waals surface area (Å²) in [4.78, 5) is 30.3. The highest BCUT2D eigenvalue weighted by Crippen LogP contribution is 2.28. The van der Waals surface area contributed by atoms with Gasteiger partial charge in [0.1, 0.15) is 10.7 Å². The number of rotatable bonds is 6. The molecule has 3 rings (SSSR count). The summed E-state index contributed by atoms with van der Waals surface area (Å²) in [5, 5.41) is 0.244. The van der Waals surface area contributed by atoms with E-state index in [1.807, 2.05) is 0 Å². The van der Waals surface area contributed by atoms with Crippen molar-refractivity contribution >= 4 is 12.2 Å². The van der Waals surface area contributed by atoms with Crippen LogP contribution in [0, 0.1) is 0 Å². The van der Waals surface area contributed by atoms with Gasteiger partial charge in [-0.05, 0) is 47.5 Å². The molecule has 0 spiro atoms. The Morgan fingerprint density at radius 1 is 0.600 bits per heavy atom. The second kappa shape index (κ2) is 9.04. The van der Waals surface area contributed by atoms with Crippen LogP contribution in [0.4, 0.5) is 0 Å². The predicted octanol–water partition coefficient (Wildman–Crippen LogP) is 0.755. The van der Waals surface area contributed by atoms with E-state index in [9.17, 15) is 9.59 Å². The minimum Gasteiger partial charge on any atom is -0.493 e. The fourth-order valence-electron chi connectivity index (χ4n) is 2.91. The van der Waals surface area contributed by atoms with Crippen molar-refractivity contribution in [2.45, 2.75) is 0 Å². The molecule has 0 saturated carbocycles. The number of H-pyrrole nitrogens is 2. The van der Waals surface area contributed by atoms with Crippen LogP contribution in [0.15, 0.2) is 46.0 Å². The lowest BCUT2D eigenvalue weighted by atomic mass is 10.2. The zero-order valence-electron chi connectivity index (χ0n) is 17.1. The Balaban J connectivity index is 2.06. The van der Waals surface area contributed by atoms with Gasteiger partial charge in [0, 0.05) is 0 Å². The average molecular weight is 410 g/mol. The van der Waals surface area contributed by atoms with Crippen LogP contribution >= 0.6 is 0 Å².